The molecule has 1 unspecified atom stereocenters. The number of hydrogen-bond acceptors (Lipinski definition) is 4. The van der Waals surface area contributed by atoms with Crippen LogP contribution in [0.4, 0.5) is 4.79 Å². The van der Waals surface area contributed by atoms with Gasteiger partial charge in [0.25, 0.3) is 0 Å². The summed E-state index contributed by atoms with van der Waals surface area (Å²) in [6.45, 7) is 0.398. The predicted molar refractivity (Wildman–Crippen MR) is 57.2 cm³/mol. The van der Waals surface area contributed by atoms with E-state index in [1.807, 2.05) is 6.07 Å². The first-order valence-corrected chi connectivity index (χ1v) is 5.22. The molecule has 1 aromatic rings. The number of pyridine rings is 1. The first-order valence-electron chi connectivity index (χ1n) is 5.22. The lowest BCUT2D eigenvalue weighted by molar-refractivity contribution is -0.138. The molecule has 0 aromatic carbocycles. The van der Waals surface area contributed by atoms with Gasteiger partial charge in [0.1, 0.15) is 6.61 Å². The molecule has 2 rings (SSSR count). The van der Waals surface area contributed by atoms with Crippen LogP contribution in [0, 0.1) is 0 Å². The molecule has 0 spiro atoms. The van der Waals surface area contributed by atoms with Crippen molar-refractivity contribution in [3.8, 4) is 0 Å². The third-order valence-corrected chi connectivity index (χ3v) is 2.54. The second-order valence-corrected chi connectivity index (χ2v) is 3.78. The Morgan fingerprint density at radius 1 is 1.59 bits per heavy atom. The van der Waals surface area contributed by atoms with Gasteiger partial charge in [0, 0.05) is 6.20 Å². The topological polar surface area (TPSA) is 79.7 Å². The van der Waals surface area contributed by atoms with Gasteiger partial charge >= 0.3 is 12.1 Å². The molecule has 6 nitrogen and oxygen atoms in total. The van der Waals surface area contributed by atoms with Crippen LogP contribution in [0.3, 0.4) is 0 Å². The highest BCUT2D eigenvalue weighted by molar-refractivity contribution is 5.73. The number of aliphatic carboxylic acids is 1. The zero-order chi connectivity index (χ0) is 12.3. The molecule has 0 saturated carbocycles. The first kappa shape index (κ1) is 11.4. The minimum absolute atomic E-state index is 0.113. The summed E-state index contributed by atoms with van der Waals surface area (Å²) in [6, 6.07) is 4.96. The van der Waals surface area contributed by atoms with Gasteiger partial charge in [-0.1, -0.05) is 6.07 Å². The van der Waals surface area contributed by atoms with Crippen LogP contribution in [0.5, 0.6) is 0 Å². The first-order chi connectivity index (χ1) is 8.16. The van der Waals surface area contributed by atoms with E-state index in [4.69, 9.17) is 9.84 Å². The summed E-state index contributed by atoms with van der Waals surface area (Å²) in [5, 5.41) is 8.73. The summed E-state index contributed by atoms with van der Waals surface area (Å²) in [5.74, 6) is -0.945. The number of carbonyl (C=O) groups excluding carboxylic acids is 1. The van der Waals surface area contributed by atoms with E-state index >= 15 is 0 Å². The molecule has 2 heterocycles. The van der Waals surface area contributed by atoms with Gasteiger partial charge < -0.3 is 9.84 Å². The van der Waals surface area contributed by atoms with E-state index in [1.165, 1.54) is 4.90 Å². The fraction of sp³-hybridized carbons (Fsp3) is 0.364. The van der Waals surface area contributed by atoms with Gasteiger partial charge in [-0.05, 0) is 12.1 Å². The molecular weight excluding hydrogens is 224 g/mol. The van der Waals surface area contributed by atoms with Gasteiger partial charge in [-0.25, -0.2) is 4.79 Å². The van der Waals surface area contributed by atoms with Crippen molar-refractivity contribution in [1.29, 1.82) is 0 Å². The van der Waals surface area contributed by atoms with E-state index in [9.17, 15) is 9.59 Å². The zero-order valence-electron chi connectivity index (χ0n) is 9.07. The molecular formula is C11H12N2O4. The number of nitrogens with zero attached hydrogens (tertiary/aromatic N) is 2. The summed E-state index contributed by atoms with van der Waals surface area (Å²) in [4.78, 5) is 27.6. The second-order valence-electron chi connectivity index (χ2n) is 3.78. The van der Waals surface area contributed by atoms with Gasteiger partial charge in [0.2, 0.25) is 0 Å². The van der Waals surface area contributed by atoms with Crippen molar-refractivity contribution in [3.05, 3.63) is 30.1 Å². The number of aromatic nitrogens is 1. The fourth-order valence-electron chi connectivity index (χ4n) is 1.72. The lowest BCUT2D eigenvalue weighted by atomic mass is 10.2. The Kier molecular flexibility index (Phi) is 3.22. The Hall–Kier alpha value is -2.11. The van der Waals surface area contributed by atoms with Crippen LogP contribution in [-0.2, 0) is 16.1 Å². The average Bonchev–Trinajstić information content (AvgIpc) is 2.62. The number of rotatable bonds is 4. The third-order valence-electron chi connectivity index (χ3n) is 2.54. The van der Waals surface area contributed by atoms with Gasteiger partial charge in [0.15, 0.2) is 0 Å². The molecule has 0 radical (unpaired) electrons. The van der Waals surface area contributed by atoms with Gasteiger partial charge in [-0.15, -0.1) is 0 Å². The molecule has 17 heavy (non-hydrogen) atoms. The number of carboxylic acids is 1. The van der Waals surface area contributed by atoms with Crippen LogP contribution >= 0.6 is 0 Å². The molecule has 1 atom stereocenters. The largest absolute Gasteiger partial charge is 0.481 e. The van der Waals surface area contributed by atoms with E-state index in [0.717, 1.165) is 0 Å². The Balaban J connectivity index is 2.06. The molecule has 1 amide bonds. The summed E-state index contributed by atoms with van der Waals surface area (Å²) >= 11 is 0. The number of carbonyl (C=O) groups is 2. The van der Waals surface area contributed by atoms with Crippen LogP contribution in [-0.4, -0.2) is 39.7 Å². The van der Waals surface area contributed by atoms with Crippen molar-refractivity contribution in [1.82, 2.24) is 9.88 Å². The Morgan fingerprint density at radius 3 is 3.06 bits per heavy atom. The van der Waals surface area contributed by atoms with E-state index in [2.05, 4.69) is 4.98 Å². The summed E-state index contributed by atoms with van der Waals surface area (Å²) in [5.41, 5.74) is 0.710. The number of cyclic esters (lactones) is 1. The molecule has 1 aromatic heterocycles. The molecule has 6 heteroatoms. The average molecular weight is 236 g/mol. The van der Waals surface area contributed by atoms with Crippen molar-refractivity contribution in [3.63, 3.8) is 0 Å². The molecule has 0 bridgehead atoms. The van der Waals surface area contributed by atoms with Crippen LogP contribution in [0.2, 0.25) is 0 Å². The molecule has 90 valence electrons. The van der Waals surface area contributed by atoms with Crippen LogP contribution in [0.25, 0.3) is 0 Å². The summed E-state index contributed by atoms with van der Waals surface area (Å²) in [7, 11) is 0. The van der Waals surface area contributed by atoms with Gasteiger partial charge in [-0.2, -0.15) is 0 Å². The molecule has 1 aliphatic rings. The number of carboxylic acid groups (broad SMARTS) is 1. The number of hydrogen-bond donors (Lipinski definition) is 1. The maximum absolute atomic E-state index is 11.5. The maximum Gasteiger partial charge on any atom is 0.410 e. The quantitative estimate of drug-likeness (QED) is 0.839. The van der Waals surface area contributed by atoms with E-state index in [-0.39, 0.29) is 19.6 Å². The van der Waals surface area contributed by atoms with Gasteiger partial charge in [0.05, 0.1) is 24.7 Å². The number of amides is 1. The van der Waals surface area contributed by atoms with E-state index < -0.39 is 18.1 Å². The fourth-order valence-corrected chi connectivity index (χ4v) is 1.72. The van der Waals surface area contributed by atoms with Crippen molar-refractivity contribution >= 4 is 12.1 Å². The molecule has 1 N–H and O–H groups in total. The SMILES string of the molecule is O=C(O)CC1COC(=O)N1Cc1ccccn1. The second kappa shape index (κ2) is 4.82. The smallest absolute Gasteiger partial charge is 0.410 e. The summed E-state index contributed by atoms with van der Waals surface area (Å²) in [6.07, 6.45) is 1.03. The third kappa shape index (κ3) is 2.72. The highest BCUT2D eigenvalue weighted by atomic mass is 16.6. The lowest BCUT2D eigenvalue weighted by Gasteiger charge is -2.19. The van der Waals surface area contributed by atoms with Crippen molar-refractivity contribution in [2.24, 2.45) is 0 Å². The molecule has 0 aliphatic carbocycles. The highest BCUT2D eigenvalue weighted by Gasteiger charge is 2.34. The number of ether oxygens (including phenoxy) is 1. The molecule has 1 fully saturated rings. The van der Waals surface area contributed by atoms with Crippen LogP contribution in [0.15, 0.2) is 24.4 Å². The van der Waals surface area contributed by atoms with Crippen molar-refractivity contribution in [2.75, 3.05) is 6.61 Å². The molecule has 1 aliphatic heterocycles. The monoisotopic (exact) mass is 236 g/mol. The Morgan fingerprint density at radius 2 is 2.41 bits per heavy atom. The van der Waals surface area contributed by atoms with E-state index in [1.54, 1.807) is 18.3 Å². The van der Waals surface area contributed by atoms with E-state index in [0.29, 0.717) is 5.69 Å². The van der Waals surface area contributed by atoms with Crippen LogP contribution < -0.4 is 0 Å². The minimum Gasteiger partial charge on any atom is -0.481 e. The highest BCUT2D eigenvalue weighted by Crippen LogP contribution is 2.17. The standard InChI is InChI=1S/C11H12N2O4/c14-10(15)5-9-7-17-11(16)13(9)6-8-3-1-2-4-12-8/h1-4,9H,5-7H2,(H,14,15). The maximum atomic E-state index is 11.5. The zero-order valence-corrected chi connectivity index (χ0v) is 9.07. The lowest BCUT2D eigenvalue weighted by Crippen LogP contribution is -2.34. The Labute approximate surface area is 97.8 Å². The van der Waals surface area contributed by atoms with Crippen LogP contribution in [0.1, 0.15) is 12.1 Å². The normalized spacial score (nSPS) is 19.2. The molecule has 1 saturated heterocycles. The predicted octanol–water partition coefficient (Wildman–Crippen LogP) is 0.877. The summed E-state index contributed by atoms with van der Waals surface area (Å²) < 4.78 is 4.85. The Bertz CT molecular complexity index is 421. The van der Waals surface area contributed by atoms with Crippen molar-refractivity contribution in [2.45, 2.75) is 19.0 Å². The van der Waals surface area contributed by atoms with Crippen molar-refractivity contribution < 1.29 is 19.4 Å². The minimum atomic E-state index is -0.945. The van der Waals surface area contributed by atoms with Gasteiger partial charge in [-0.3, -0.25) is 14.7 Å².